The minimum absolute atomic E-state index is 0.654. The number of hydrogen-bond donors (Lipinski definition) is 1. The number of anilines is 1. The molecule has 1 rings (SSSR count). The Morgan fingerprint density at radius 1 is 0.950 bits per heavy atom. The second-order valence-electron chi connectivity index (χ2n) is 4.99. The molecule has 3 heteroatoms. The highest BCUT2D eigenvalue weighted by Gasteiger charge is 2.04. The third-order valence-electron chi connectivity index (χ3n) is 3.32. The van der Waals surface area contributed by atoms with Crippen LogP contribution in [0.3, 0.4) is 0 Å². The fourth-order valence-electron chi connectivity index (χ4n) is 2.19. The first-order valence-corrected chi connectivity index (χ1v) is 7.86. The molecule has 1 aromatic carbocycles. The summed E-state index contributed by atoms with van der Waals surface area (Å²) in [6, 6.07) is 6.01. The average molecular weight is 279 g/mol. The van der Waals surface area contributed by atoms with E-state index in [0.29, 0.717) is 6.61 Å². The van der Waals surface area contributed by atoms with Crippen molar-refractivity contribution >= 4 is 5.69 Å². The second-order valence-corrected chi connectivity index (χ2v) is 4.99. The molecule has 1 N–H and O–H groups in total. The lowest BCUT2D eigenvalue weighted by Crippen LogP contribution is -2.02. The van der Waals surface area contributed by atoms with Gasteiger partial charge in [0, 0.05) is 18.3 Å². The topological polar surface area (TPSA) is 30.5 Å². The van der Waals surface area contributed by atoms with Gasteiger partial charge in [0.15, 0.2) is 11.5 Å². The number of rotatable bonds is 11. The van der Waals surface area contributed by atoms with Crippen molar-refractivity contribution in [3.63, 3.8) is 0 Å². The molecule has 3 nitrogen and oxygen atoms in total. The molecule has 0 saturated heterocycles. The zero-order valence-corrected chi connectivity index (χ0v) is 13.2. The molecule has 0 unspecified atom stereocenters. The van der Waals surface area contributed by atoms with E-state index in [4.69, 9.17) is 9.47 Å². The van der Waals surface area contributed by atoms with Gasteiger partial charge < -0.3 is 14.8 Å². The monoisotopic (exact) mass is 279 g/mol. The van der Waals surface area contributed by atoms with E-state index in [-0.39, 0.29) is 0 Å². The SMILES string of the molecule is CCCCCCCCNc1ccc(OCC)c(OC)c1. The van der Waals surface area contributed by atoms with Crippen LogP contribution in [0.2, 0.25) is 0 Å². The van der Waals surface area contributed by atoms with Gasteiger partial charge in [-0.25, -0.2) is 0 Å². The van der Waals surface area contributed by atoms with Gasteiger partial charge in [-0.05, 0) is 25.5 Å². The van der Waals surface area contributed by atoms with Gasteiger partial charge in [-0.15, -0.1) is 0 Å². The van der Waals surface area contributed by atoms with Crippen LogP contribution in [0, 0.1) is 0 Å². The second kappa shape index (κ2) is 10.4. The fraction of sp³-hybridized carbons (Fsp3) is 0.647. The van der Waals surface area contributed by atoms with Crippen molar-refractivity contribution in [2.24, 2.45) is 0 Å². The molecule has 20 heavy (non-hydrogen) atoms. The number of benzene rings is 1. The van der Waals surface area contributed by atoms with Crippen molar-refractivity contribution in [3.05, 3.63) is 18.2 Å². The van der Waals surface area contributed by atoms with Crippen LogP contribution in [0.1, 0.15) is 52.4 Å². The predicted molar refractivity (Wildman–Crippen MR) is 86.0 cm³/mol. The van der Waals surface area contributed by atoms with Gasteiger partial charge in [-0.2, -0.15) is 0 Å². The van der Waals surface area contributed by atoms with Crippen molar-refractivity contribution in [2.45, 2.75) is 52.4 Å². The maximum Gasteiger partial charge on any atom is 0.162 e. The lowest BCUT2D eigenvalue weighted by atomic mass is 10.1. The Morgan fingerprint density at radius 3 is 2.40 bits per heavy atom. The van der Waals surface area contributed by atoms with Crippen LogP contribution in [0.5, 0.6) is 11.5 Å². The van der Waals surface area contributed by atoms with E-state index < -0.39 is 0 Å². The summed E-state index contributed by atoms with van der Waals surface area (Å²) in [5, 5.41) is 3.44. The van der Waals surface area contributed by atoms with Crippen molar-refractivity contribution in [1.82, 2.24) is 0 Å². The van der Waals surface area contributed by atoms with Gasteiger partial charge in [0.1, 0.15) is 0 Å². The molecule has 0 aliphatic rings. The number of hydrogen-bond acceptors (Lipinski definition) is 3. The predicted octanol–water partition coefficient (Wildman–Crippen LogP) is 4.87. The Hall–Kier alpha value is -1.38. The zero-order chi connectivity index (χ0) is 14.6. The van der Waals surface area contributed by atoms with Gasteiger partial charge in [-0.1, -0.05) is 39.0 Å². The molecule has 0 aromatic heterocycles. The van der Waals surface area contributed by atoms with Gasteiger partial charge >= 0.3 is 0 Å². The number of unbranched alkanes of at least 4 members (excludes halogenated alkanes) is 5. The molecule has 0 aliphatic carbocycles. The van der Waals surface area contributed by atoms with E-state index in [9.17, 15) is 0 Å². The molecular weight excluding hydrogens is 250 g/mol. The maximum absolute atomic E-state index is 5.51. The van der Waals surface area contributed by atoms with E-state index in [2.05, 4.69) is 12.2 Å². The van der Waals surface area contributed by atoms with Crippen LogP contribution in [-0.4, -0.2) is 20.3 Å². The van der Waals surface area contributed by atoms with Crippen LogP contribution in [0.25, 0.3) is 0 Å². The molecule has 0 heterocycles. The molecule has 114 valence electrons. The maximum atomic E-state index is 5.51. The van der Waals surface area contributed by atoms with E-state index in [0.717, 1.165) is 23.7 Å². The van der Waals surface area contributed by atoms with Crippen molar-refractivity contribution in [3.8, 4) is 11.5 Å². The van der Waals surface area contributed by atoms with Crippen LogP contribution < -0.4 is 14.8 Å². The number of nitrogens with one attached hydrogen (secondary N) is 1. The molecule has 0 fully saturated rings. The van der Waals surface area contributed by atoms with Crippen LogP contribution in [0.15, 0.2) is 18.2 Å². The van der Waals surface area contributed by atoms with Crippen molar-refractivity contribution in [1.29, 1.82) is 0 Å². The summed E-state index contributed by atoms with van der Waals surface area (Å²) >= 11 is 0. The minimum Gasteiger partial charge on any atom is -0.493 e. The van der Waals surface area contributed by atoms with Crippen LogP contribution >= 0.6 is 0 Å². The summed E-state index contributed by atoms with van der Waals surface area (Å²) in [7, 11) is 1.68. The standard InChI is InChI=1S/C17H29NO2/c1-4-6-7-8-9-10-13-18-15-11-12-16(20-5-2)17(14-15)19-3/h11-12,14,18H,4-10,13H2,1-3H3. The smallest absolute Gasteiger partial charge is 0.162 e. The highest BCUT2D eigenvalue weighted by atomic mass is 16.5. The molecule has 0 atom stereocenters. The third kappa shape index (κ3) is 6.18. The molecule has 0 bridgehead atoms. The normalized spacial score (nSPS) is 10.3. The fourth-order valence-corrected chi connectivity index (χ4v) is 2.19. The summed E-state index contributed by atoms with van der Waals surface area (Å²) in [5.41, 5.74) is 1.10. The Kier molecular flexibility index (Phi) is 8.68. The van der Waals surface area contributed by atoms with E-state index in [1.807, 2.05) is 25.1 Å². The van der Waals surface area contributed by atoms with E-state index >= 15 is 0 Å². The first-order chi connectivity index (χ1) is 9.81. The van der Waals surface area contributed by atoms with Gasteiger partial charge in [-0.3, -0.25) is 0 Å². The molecule has 0 radical (unpaired) electrons. The van der Waals surface area contributed by atoms with E-state index in [1.165, 1.54) is 38.5 Å². The highest BCUT2D eigenvalue weighted by Crippen LogP contribution is 2.30. The summed E-state index contributed by atoms with van der Waals surface area (Å²) in [4.78, 5) is 0. The largest absolute Gasteiger partial charge is 0.493 e. The summed E-state index contributed by atoms with van der Waals surface area (Å²) in [6.07, 6.45) is 7.92. The Morgan fingerprint density at radius 2 is 1.70 bits per heavy atom. The molecule has 0 amide bonds. The molecule has 0 spiro atoms. The summed E-state index contributed by atoms with van der Waals surface area (Å²) in [5.74, 6) is 1.60. The van der Waals surface area contributed by atoms with Gasteiger partial charge in [0.05, 0.1) is 13.7 Å². The number of methoxy groups -OCH3 is 1. The van der Waals surface area contributed by atoms with Gasteiger partial charge in [0.25, 0.3) is 0 Å². The third-order valence-corrected chi connectivity index (χ3v) is 3.32. The first-order valence-electron chi connectivity index (χ1n) is 7.86. The highest BCUT2D eigenvalue weighted by molar-refractivity contribution is 5.54. The molecular formula is C17H29NO2. The Bertz CT molecular complexity index is 366. The van der Waals surface area contributed by atoms with E-state index in [1.54, 1.807) is 7.11 Å². The number of ether oxygens (including phenoxy) is 2. The molecule has 1 aromatic rings. The van der Waals surface area contributed by atoms with Crippen molar-refractivity contribution < 1.29 is 9.47 Å². The average Bonchev–Trinajstić information content (AvgIpc) is 2.48. The van der Waals surface area contributed by atoms with Crippen LogP contribution in [0.4, 0.5) is 5.69 Å². The Balaban J connectivity index is 2.29. The van der Waals surface area contributed by atoms with Crippen molar-refractivity contribution in [2.75, 3.05) is 25.6 Å². The van der Waals surface area contributed by atoms with Crippen LogP contribution in [-0.2, 0) is 0 Å². The first kappa shape index (κ1) is 16.7. The lowest BCUT2D eigenvalue weighted by Gasteiger charge is -2.12. The molecule has 0 aliphatic heterocycles. The zero-order valence-electron chi connectivity index (χ0n) is 13.2. The summed E-state index contributed by atoms with van der Waals surface area (Å²) in [6.45, 7) is 5.90. The molecule has 0 saturated carbocycles. The Labute approximate surface area is 123 Å². The lowest BCUT2D eigenvalue weighted by molar-refractivity contribution is 0.311. The minimum atomic E-state index is 0.654. The summed E-state index contributed by atoms with van der Waals surface area (Å²) < 4.78 is 10.9. The quantitative estimate of drug-likeness (QED) is 0.586. The van der Waals surface area contributed by atoms with Gasteiger partial charge in [0.2, 0.25) is 0 Å².